The number of rotatable bonds is 5. The number of benzene rings is 2. The SMILES string of the molecule is Cc1ccc(CNC(=O)c2cnn3c(C)c(Cc4cccc(Br)c4)c(C)nc23)cc1. The van der Waals surface area contributed by atoms with Gasteiger partial charge in [0.05, 0.1) is 6.20 Å². The van der Waals surface area contributed by atoms with E-state index in [0.717, 1.165) is 33.4 Å². The summed E-state index contributed by atoms with van der Waals surface area (Å²) in [6.45, 7) is 6.52. The first-order valence-corrected chi connectivity index (χ1v) is 10.6. The van der Waals surface area contributed by atoms with E-state index >= 15 is 0 Å². The number of aromatic nitrogens is 3. The van der Waals surface area contributed by atoms with Crippen molar-refractivity contribution in [2.45, 2.75) is 33.7 Å². The van der Waals surface area contributed by atoms with Gasteiger partial charge in [0.2, 0.25) is 0 Å². The Kier molecular flexibility index (Phi) is 5.68. The van der Waals surface area contributed by atoms with Gasteiger partial charge in [0.15, 0.2) is 5.65 Å². The number of carbonyl (C=O) groups excluding carboxylic acids is 1. The molecule has 0 atom stereocenters. The van der Waals surface area contributed by atoms with E-state index in [-0.39, 0.29) is 5.91 Å². The number of fused-ring (bicyclic) bond motifs is 1. The predicted octanol–water partition coefficient (Wildman–Crippen LogP) is 4.94. The van der Waals surface area contributed by atoms with E-state index in [2.05, 4.69) is 38.5 Å². The summed E-state index contributed by atoms with van der Waals surface area (Å²) in [6, 6.07) is 16.4. The number of hydrogen-bond donors (Lipinski definition) is 1. The van der Waals surface area contributed by atoms with Crippen molar-refractivity contribution in [3.63, 3.8) is 0 Å². The molecule has 0 saturated carbocycles. The highest BCUT2D eigenvalue weighted by Crippen LogP contribution is 2.22. The van der Waals surface area contributed by atoms with Crippen molar-refractivity contribution in [2.75, 3.05) is 0 Å². The highest BCUT2D eigenvalue weighted by Gasteiger charge is 2.18. The normalized spacial score (nSPS) is 11.1. The maximum atomic E-state index is 12.8. The first-order chi connectivity index (χ1) is 14.4. The number of hydrogen-bond acceptors (Lipinski definition) is 3. The molecule has 2 aromatic heterocycles. The zero-order valence-corrected chi connectivity index (χ0v) is 18.8. The van der Waals surface area contributed by atoms with E-state index in [4.69, 9.17) is 4.98 Å². The lowest BCUT2D eigenvalue weighted by molar-refractivity contribution is 0.0952. The highest BCUT2D eigenvalue weighted by atomic mass is 79.9. The molecular formula is C24H23BrN4O. The highest BCUT2D eigenvalue weighted by molar-refractivity contribution is 9.10. The van der Waals surface area contributed by atoms with Crippen LogP contribution < -0.4 is 5.32 Å². The number of carbonyl (C=O) groups is 1. The second kappa shape index (κ2) is 8.40. The number of amides is 1. The summed E-state index contributed by atoms with van der Waals surface area (Å²) in [5, 5.41) is 7.43. The van der Waals surface area contributed by atoms with Crippen LogP contribution >= 0.6 is 15.9 Å². The minimum atomic E-state index is -0.170. The Morgan fingerprint density at radius 3 is 2.57 bits per heavy atom. The fourth-order valence-corrected chi connectivity index (χ4v) is 4.01. The Bertz CT molecular complexity index is 1230. The molecule has 4 rings (SSSR count). The van der Waals surface area contributed by atoms with Crippen LogP contribution in [-0.2, 0) is 13.0 Å². The van der Waals surface area contributed by atoms with Gasteiger partial charge in [-0.1, -0.05) is 57.9 Å². The molecular weight excluding hydrogens is 440 g/mol. The number of nitrogens with one attached hydrogen (secondary N) is 1. The molecule has 0 bridgehead atoms. The lowest BCUT2D eigenvalue weighted by Crippen LogP contribution is -2.23. The van der Waals surface area contributed by atoms with Gasteiger partial charge in [-0.25, -0.2) is 9.50 Å². The van der Waals surface area contributed by atoms with Gasteiger partial charge in [-0.3, -0.25) is 4.79 Å². The van der Waals surface area contributed by atoms with Crippen molar-refractivity contribution in [3.05, 3.63) is 98.4 Å². The number of halogens is 1. The topological polar surface area (TPSA) is 59.3 Å². The maximum absolute atomic E-state index is 12.8. The molecule has 0 spiro atoms. The van der Waals surface area contributed by atoms with E-state index in [1.165, 1.54) is 11.1 Å². The van der Waals surface area contributed by atoms with Crippen molar-refractivity contribution in [1.29, 1.82) is 0 Å². The average Bonchev–Trinajstić information content (AvgIpc) is 3.14. The molecule has 2 heterocycles. The largest absolute Gasteiger partial charge is 0.348 e. The van der Waals surface area contributed by atoms with Gasteiger partial charge in [0, 0.05) is 28.8 Å². The summed E-state index contributed by atoms with van der Waals surface area (Å²) in [5.41, 5.74) is 7.55. The molecule has 4 aromatic rings. The molecule has 0 saturated heterocycles. The molecule has 152 valence electrons. The zero-order chi connectivity index (χ0) is 21.3. The van der Waals surface area contributed by atoms with Gasteiger partial charge in [-0.2, -0.15) is 5.10 Å². The first-order valence-electron chi connectivity index (χ1n) is 9.84. The summed E-state index contributed by atoms with van der Waals surface area (Å²) in [7, 11) is 0. The Hall–Kier alpha value is -2.99. The van der Waals surface area contributed by atoms with Gasteiger partial charge >= 0.3 is 0 Å². The van der Waals surface area contributed by atoms with Crippen molar-refractivity contribution < 1.29 is 4.79 Å². The first kappa shape index (κ1) is 20.3. The molecule has 0 fully saturated rings. The van der Waals surface area contributed by atoms with Gasteiger partial charge in [0.1, 0.15) is 5.56 Å². The molecule has 6 heteroatoms. The maximum Gasteiger partial charge on any atom is 0.257 e. The predicted molar refractivity (Wildman–Crippen MR) is 122 cm³/mol. The molecule has 30 heavy (non-hydrogen) atoms. The van der Waals surface area contributed by atoms with E-state index < -0.39 is 0 Å². The van der Waals surface area contributed by atoms with E-state index in [9.17, 15) is 4.79 Å². The molecule has 0 aliphatic rings. The smallest absolute Gasteiger partial charge is 0.257 e. The lowest BCUT2D eigenvalue weighted by atomic mass is 10.0. The average molecular weight is 463 g/mol. The van der Waals surface area contributed by atoms with Crippen molar-refractivity contribution >= 4 is 27.5 Å². The van der Waals surface area contributed by atoms with Crippen LogP contribution in [0, 0.1) is 20.8 Å². The van der Waals surface area contributed by atoms with Crippen LogP contribution in [0.25, 0.3) is 5.65 Å². The van der Waals surface area contributed by atoms with E-state index in [1.807, 2.05) is 57.2 Å². The van der Waals surface area contributed by atoms with Gasteiger partial charge in [-0.05, 0) is 49.6 Å². The van der Waals surface area contributed by atoms with E-state index in [0.29, 0.717) is 17.8 Å². The van der Waals surface area contributed by atoms with Crippen LogP contribution in [0.4, 0.5) is 0 Å². The molecule has 1 N–H and O–H groups in total. The summed E-state index contributed by atoms with van der Waals surface area (Å²) < 4.78 is 2.82. The monoisotopic (exact) mass is 462 g/mol. The number of nitrogens with zero attached hydrogens (tertiary/aromatic N) is 3. The van der Waals surface area contributed by atoms with Crippen LogP contribution in [0.1, 0.15) is 44.0 Å². The van der Waals surface area contributed by atoms with Crippen molar-refractivity contribution in [1.82, 2.24) is 19.9 Å². The standard InChI is InChI=1S/C24H23BrN4O/c1-15-7-9-18(10-8-15)13-26-24(30)22-14-27-29-17(3)21(16(2)28-23(22)29)12-19-5-4-6-20(25)11-19/h4-11,14H,12-13H2,1-3H3,(H,26,30). The summed E-state index contributed by atoms with van der Waals surface area (Å²) in [4.78, 5) is 17.5. The molecule has 5 nitrogen and oxygen atoms in total. The van der Waals surface area contributed by atoms with Crippen LogP contribution in [-0.4, -0.2) is 20.5 Å². The minimum Gasteiger partial charge on any atom is -0.348 e. The molecule has 0 radical (unpaired) electrons. The van der Waals surface area contributed by atoms with E-state index in [1.54, 1.807) is 10.7 Å². The van der Waals surface area contributed by atoms with Gasteiger partial charge in [-0.15, -0.1) is 0 Å². The molecule has 1 amide bonds. The third kappa shape index (κ3) is 4.14. The minimum absolute atomic E-state index is 0.170. The third-order valence-electron chi connectivity index (χ3n) is 5.30. The van der Waals surface area contributed by atoms with Crippen molar-refractivity contribution in [3.8, 4) is 0 Å². The molecule has 0 aliphatic heterocycles. The molecule has 0 unspecified atom stereocenters. The third-order valence-corrected chi connectivity index (χ3v) is 5.79. The van der Waals surface area contributed by atoms with Gasteiger partial charge in [0.25, 0.3) is 5.91 Å². The molecule has 0 aliphatic carbocycles. The summed E-state index contributed by atoms with van der Waals surface area (Å²) >= 11 is 3.53. The Morgan fingerprint density at radius 2 is 1.83 bits per heavy atom. The van der Waals surface area contributed by atoms with Crippen LogP contribution in [0.15, 0.2) is 59.2 Å². The molecule has 2 aromatic carbocycles. The second-order valence-corrected chi connectivity index (χ2v) is 8.45. The summed E-state index contributed by atoms with van der Waals surface area (Å²) in [6.07, 6.45) is 2.36. The van der Waals surface area contributed by atoms with Crippen LogP contribution in [0.3, 0.4) is 0 Å². The number of aryl methyl sites for hydroxylation is 3. The quantitative estimate of drug-likeness (QED) is 0.456. The zero-order valence-electron chi connectivity index (χ0n) is 17.2. The summed E-state index contributed by atoms with van der Waals surface area (Å²) in [5.74, 6) is -0.170. The Labute approximate surface area is 184 Å². The van der Waals surface area contributed by atoms with Crippen LogP contribution in [0.5, 0.6) is 0 Å². The fraction of sp³-hybridized carbons (Fsp3) is 0.208. The Balaban J connectivity index is 1.60. The van der Waals surface area contributed by atoms with Gasteiger partial charge < -0.3 is 5.32 Å². The fourth-order valence-electron chi connectivity index (χ4n) is 3.56. The Morgan fingerprint density at radius 1 is 1.07 bits per heavy atom. The van der Waals surface area contributed by atoms with Crippen molar-refractivity contribution in [2.24, 2.45) is 0 Å². The lowest BCUT2D eigenvalue weighted by Gasteiger charge is -2.12. The van der Waals surface area contributed by atoms with Crippen LogP contribution in [0.2, 0.25) is 0 Å². The second-order valence-electron chi connectivity index (χ2n) is 7.53.